The van der Waals surface area contributed by atoms with Gasteiger partial charge in [0.05, 0.1) is 6.61 Å². The Labute approximate surface area is 223 Å². The van der Waals surface area contributed by atoms with Crippen molar-refractivity contribution in [1.29, 1.82) is 0 Å². The zero-order chi connectivity index (χ0) is 28.1. The fourth-order valence-corrected chi connectivity index (χ4v) is 3.71. The number of carbonyl (C=O) groups is 5. The van der Waals surface area contributed by atoms with Gasteiger partial charge >= 0.3 is 0 Å². The summed E-state index contributed by atoms with van der Waals surface area (Å²) in [5.74, 6) is -1.94. The zero-order valence-corrected chi connectivity index (χ0v) is 22.5. The Bertz CT molecular complexity index is 989. The minimum atomic E-state index is -0.823. The van der Waals surface area contributed by atoms with Gasteiger partial charge in [-0.3, -0.25) is 28.9 Å². The highest BCUT2D eigenvalue weighted by atomic mass is 16.7. The van der Waals surface area contributed by atoms with Crippen LogP contribution in [0.1, 0.15) is 52.0 Å². The van der Waals surface area contributed by atoms with Crippen molar-refractivity contribution < 1.29 is 33.4 Å². The molecule has 1 aromatic rings. The second kappa shape index (κ2) is 15.6. The third-order valence-electron chi connectivity index (χ3n) is 5.90. The van der Waals surface area contributed by atoms with Crippen LogP contribution in [0.2, 0.25) is 0 Å². The van der Waals surface area contributed by atoms with Gasteiger partial charge in [-0.15, -0.1) is 0 Å². The van der Waals surface area contributed by atoms with Gasteiger partial charge in [-0.1, -0.05) is 32.4 Å². The Morgan fingerprint density at radius 2 is 1.55 bits per heavy atom. The molecule has 11 nitrogen and oxygen atoms in total. The molecule has 0 unspecified atom stereocenters. The Morgan fingerprint density at radius 1 is 0.895 bits per heavy atom. The van der Waals surface area contributed by atoms with Gasteiger partial charge in [0, 0.05) is 37.9 Å². The van der Waals surface area contributed by atoms with Crippen LogP contribution in [0, 0.1) is 5.92 Å². The van der Waals surface area contributed by atoms with Crippen molar-refractivity contribution in [2.75, 3.05) is 25.8 Å². The summed E-state index contributed by atoms with van der Waals surface area (Å²) >= 11 is 0. The first-order valence-electron chi connectivity index (χ1n) is 12.7. The van der Waals surface area contributed by atoms with Gasteiger partial charge in [-0.25, -0.2) is 0 Å². The van der Waals surface area contributed by atoms with Gasteiger partial charge in [-0.2, -0.15) is 0 Å². The van der Waals surface area contributed by atoms with Crippen molar-refractivity contribution in [3.63, 3.8) is 0 Å². The van der Waals surface area contributed by atoms with E-state index in [0.29, 0.717) is 38.1 Å². The summed E-state index contributed by atoms with van der Waals surface area (Å²) in [4.78, 5) is 62.1. The smallest absolute Gasteiger partial charge is 0.253 e. The summed E-state index contributed by atoms with van der Waals surface area (Å²) in [5.41, 5.74) is 1.50. The van der Waals surface area contributed by atoms with E-state index in [2.05, 4.69) is 16.0 Å². The number of benzene rings is 1. The van der Waals surface area contributed by atoms with E-state index in [0.717, 1.165) is 5.56 Å². The van der Waals surface area contributed by atoms with E-state index in [4.69, 9.17) is 9.47 Å². The summed E-state index contributed by atoms with van der Waals surface area (Å²) in [7, 11) is 1.55. The molecule has 38 heavy (non-hydrogen) atoms. The molecule has 1 heterocycles. The fraction of sp³-hybridized carbons (Fsp3) is 0.519. The van der Waals surface area contributed by atoms with Crippen LogP contribution in [0.3, 0.4) is 0 Å². The van der Waals surface area contributed by atoms with Crippen molar-refractivity contribution in [2.24, 2.45) is 5.92 Å². The van der Waals surface area contributed by atoms with Crippen LogP contribution in [0.15, 0.2) is 36.4 Å². The lowest BCUT2D eigenvalue weighted by atomic mass is 10.0. The largest absolute Gasteiger partial charge is 0.359 e. The molecule has 0 radical (unpaired) electrons. The summed E-state index contributed by atoms with van der Waals surface area (Å²) in [6.45, 7) is 6.09. The number of amides is 5. The normalized spacial score (nSPS) is 14.5. The molecule has 208 valence electrons. The molecule has 2 rings (SSSR count). The quantitative estimate of drug-likeness (QED) is 0.168. The van der Waals surface area contributed by atoms with Crippen LogP contribution in [0.5, 0.6) is 0 Å². The molecule has 1 aromatic carbocycles. The maximum atomic E-state index is 12.8. The Hall–Kier alpha value is -3.57. The van der Waals surface area contributed by atoms with E-state index in [1.165, 1.54) is 17.1 Å². The predicted molar refractivity (Wildman–Crippen MR) is 140 cm³/mol. The van der Waals surface area contributed by atoms with E-state index in [1.807, 2.05) is 26.0 Å². The van der Waals surface area contributed by atoms with E-state index in [9.17, 15) is 24.0 Å². The van der Waals surface area contributed by atoms with Crippen molar-refractivity contribution in [3.8, 4) is 0 Å². The molecular formula is C27H38N4O7. The van der Waals surface area contributed by atoms with Gasteiger partial charge in [0.1, 0.15) is 18.9 Å². The molecule has 0 saturated heterocycles. The number of nitrogens with zero attached hydrogens (tertiary/aromatic N) is 1. The predicted octanol–water partition coefficient (Wildman–Crippen LogP) is 1.88. The van der Waals surface area contributed by atoms with Crippen molar-refractivity contribution in [3.05, 3.63) is 42.0 Å². The number of ether oxygens (including phenoxy) is 2. The van der Waals surface area contributed by atoms with Crippen molar-refractivity contribution in [1.82, 2.24) is 15.5 Å². The number of nitrogens with one attached hydrogen (secondary N) is 3. The van der Waals surface area contributed by atoms with E-state index in [-0.39, 0.29) is 42.8 Å². The van der Waals surface area contributed by atoms with E-state index in [1.54, 1.807) is 26.2 Å². The molecule has 1 aliphatic heterocycles. The number of methoxy groups -OCH3 is 1. The molecule has 2 atom stereocenters. The second-order valence-electron chi connectivity index (χ2n) is 9.43. The van der Waals surface area contributed by atoms with Crippen LogP contribution in [-0.2, 0) is 40.1 Å². The average molecular weight is 531 g/mol. The lowest BCUT2D eigenvalue weighted by Crippen LogP contribution is -2.53. The number of rotatable bonds is 16. The van der Waals surface area contributed by atoms with Gasteiger partial charge in [-0.05, 0) is 43.4 Å². The van der Waals surface area contributed by atoms with Crippen molar-refractivity contribution in [2.45, 2.75) is 65.1 Å². The number of hydrogen-bond donors (Lipinski definition) is 3. The summed E-state index contributed by atoms with van der Waals surface area (Å²) in [5, 5.41) is 8.18. The molecule has 3 N–H and O–H groups in total. The van der Waals surface area contributed by atoms with E-state index >= 15 is 0 Å². The third kappa shape index (κ3) is 10.1. The topological polar surface area (TPSA) is 143 Å². The number of hydrogen-bond acceptors (Lipinski definition) is 7. The molecule has 11 heteroatoms. The van der Waals surface area contributed by atoms with Crippen LogP contribution in [0.25, 0.3) is 0 Å². The average Bonchev–Trinajstić information content (AvgIpc) is 3.20. The first-order valence-corrected chi connectivity index (χ1v) is 12.7. The zero-order valence-electron chi connectivity index (χ0n) is 22.5. The molecule has 0 aliphatic carbocycles. The molecule has 0 saturated carbocycles. The summed E-state index contributed by atoms with van der Waals surface area (Å²) in [6.07, 6.45) is 4.50. The van der Waals surface area contributed by atoms with E-state index < -0.39 is 18.0 Å². The lowest BCUT2D eigenvalue weighted by molar-refractivity contribution is -0.137. The van der Waals surface area contributed by atoms with Crippen LogP contribution in [0.4, 0.5) is 5.69 Å². The minimum Gasteiger partial charge on any atom is -0.359 e. The Balaban J connectivity index is 1.74. The SMILES string of the molecule is COCOCc1ccc(NC(=O)[C@H](C)NC(=O)[C@@H](NC(=O)CCCCCN2C(=O)C=CC2=O)C(C)C)cc1. The highest BCUT2D eigenvalue weighted by Gasteiger charge is 2.27. The first kappa shape index (κ1) is 30.7. The minimum absolute atomic E-state index is 0.191. The first-order chi connectivity index (χ1) is 18.1. The molecule has 0 aromatic heterocycles. The number of carbonyl (C=O) groups excluding carboxylic acids is 5. The number of imide groups is 1. The third-order valence-corrected chi connectivity index (χ3v) is 5.90. The summed E-state index contributed by atoms with van der Waals surface area (Å²) < 4.78 is 10.1. The second-order valence-corrected chi connectivity index (χ2v) is 9.43. The molecule has 5 amide bonds. The molecule has 0 bridgehead atoms. The Morgan fingerprint density at radius 3 is 2.16 bits per heavy atom. The molecule has 0 spiro atoms. The molecule has 1 aliphatic rings. The van der Waals surface area contributed by atoms with Gasteiger partial charge in [0.2, 0.25) is 17.7 Å². The maximum absolute atomic E-state index is 12.8. The summed E-state index contributed by atoms with van der Waals surface area (Å²) in [6, 6.07) is 5.51. The highest BCUT2D eigenvalue weighted by molar-refractivity contribution is 6.12. The maximum Gasteiger partial charge on any atom is 0.253 e. The van der Waals surface area contributed by atoms with Crippen LogP contribution >= 0.6 is 0 Å². The standard InChI is InChI=1S/C27H38N4O7/c1-18(2)25(30-22(32)8-6-5-7-15-31-23(33)13-14-24(31)34)27(36)28-19(3)26(35)29-21-11-9-20(10-12-21)16-38-17-37-4/h9-14,18-19,25H,5-8,15-17H2,1-4H3,(H,28,36)(H,29,35)(H,30,32)/t19-,25-/m0/s1. The van der Waals surface area contributed by atoms with Crippen LogP contribution < -0.4 is 16.0 Å². The monoisotopic (exact) mass is 530 g/mol. The van der Waals surface area contributed by atoms with Gasteiger partial charge in [0.15, 0.2) is 0 Å². The van der Waals surface area contributed by atoms with Gasteiger partial charge in [0.25, 0.3) is 11.8 Å². The Kier molecular flexibility index (Phi) is 12.6. The number of anilines is 1. The lowest BCUT2D eigenvalue weighted by Gasteiger charge is -2.24. The van der Waals surface area contributed by atoms with Crippen LogP contribution in [-0.4, -0.2) is 67.0 Å². The van der Waals surface area contributed by atoms with Gasteiger partial charge < -0.3 is 25.4 Å². The van der Waals surface area contributed by atoms with Crippen molar-refractivity contribution >= 4 is 35.2 Å². The number of unbranched alkanes of at least 4 members (excludes halogenated alkanes) is 2. The molecular weight excluding hydrogens is 492 g/mol. The fourth-order valence-electron chi connectivity index (χ4n) is 3.71. The highest BCUT2D eigenvalue weighted by Crippen LogP contribution is 2.12. The molecule has 0 fully saturated rings.